The number of nitrogens with two attached hydrogens (primary N) is 1. The van der Waals surface area contributed by atoms with Crippen LogP contribution in [-0.2, 0) is 0 Å². The van der Waals surface area contributed by atoms with Crippen LogP contribution in [0.25, 0.3) is 0 Å². The largest absolute Gasteiger partial charge is 0.464 e. The predicted molar refractivity (Wildman–Crippen MR) is 72.8 cm³/mol. The third kappa shape index (κ3) is 3.61. The van der Waals surface area contributed by atoms with E-state index in [2.05, 4.69) is 25.7 Å². The lowest BCUT2D eigenvalue weighted by atomic mass is 10.2. The van der Waals surface area contributed by atoms with Crippen molar-refractivity contribution in [2.45, 2.75) is 25.8 Å². The first kappa shape index (κ1) is 13.2. The molecule has 1 aromatic rings. The van der Waals surface area contributed by atoms with Crippen molar-refractivity contribution < 1.29 is 4.74 Å². The molecule has 1 aromatic heterocycles. The molecule has 0 saturated carbocycles. The summed E-state index contributed by atoms with van der Waals surface area (Å²) in [5, 5.41) is 3.30. The molecular formula is C10H18N6OS. The average Bonchev–Trinajstić information content (AvgIpc) is 2.40. The SMILES string of the molecule is CCOc1nc(NN)nc(NC2CCSCC2)n1. The van der Waals surface area contributed by atoms with Gasteiger partial charge in [0.25, 0.3) is 0 Å². The Bertz CT molecular complexity index is 385. The molecule has 0 aliphatic carbocycles. The summed E-state index contributed by atoms with van der Waals surface area (Å²) in [5.41, 5.74) is 2.42. The lowest BCUT2D eigenvalue weighted by Gasteiger charge is -2.22. The van der Waals surface area contributed by atoms with Gasteiger partial charge >= 0.3 is 6.01 Å². The van der Waals surface area contributed by atoms with E-state index >= 15 is 0 Å². The Hall–Kier alpha value is -1.28. The van der Waals surface area contributed by atoms with Gasteiger partial charge in [0, 0.05) is 6.04 Å². The van der Waals surface area contributed by atoms with Gasteiger partial charge in [-0.1, -0.05) is 0 Å². The normalized spacial score (nSPS) is 16.3. The number of hydrazine groups is 1. The van der Waals surface area contributed by atoms with Gasteiger partial charge < -0.3 is 10.1 Å². The number of aromatic nitrogens is 3. The van der Waals surface area contributed by atoms with Crippen molar-refractivity contribution in [3.8, 4) is 6.01 Å². The topological polar surface area (TPSA) is 98.0 Å². The van der Waals surface area contributed by atoms with Crippen LogP contribution in [0.15, 0.2) is 0 Å². The van der Waals surface area contributed by atoms with E-state index in [0.29, 0.717) is 24.5 Å². The first-order valence-electron chi connectivity index (χ1n) is 6.01. The highest BCUT2D eigenvalue weighted by Crippen LogP contribution is 2.20. The Morgan fingerprint density at radius 2 is 2.00 bits per heavy atom. The van der Waals surface area contributed by atoms with E-state index in [4.69, 9.17) is 10.6 Å². The molecule has 0 amide bonds. The maximum atomic E-state index is 5.33. The number of hydrogen-bond donors (Lipinski definition) is 3. The van der Waals surface area contributed by atoms with Gasteiger partial charge in [0.2, 0.25) is 11.9 Å². The van der Waals surface area contributed by atoms with Crippen LogP contribution < -0.4 is 21.3 Å². The lowest BCUT2D eigenvalue weighted by Crippen LogP contribution is -2.26. The summed E-state index contributed by atoms with van der Waals surface area (Å²) >= 11 is 1.98. The van der Waals surface area contributed by atoms with E-state index < -0.39 is 0 Å². The number of nitrogens with zero attached hydrogens (tertiary/aromatic N) is 3. The number of ether oxygens (including phenoxy) is 1. The minimum Gasteiger partial charge on any atom is -0.464 e. The molecule has 0 spiro atoms. The standard InChI is InChI=1S/C10H18N6OS/c1-2-17-10-14-8(13-9(15-10)16-11)12-7-3-5-18-6-4-7/h7H,2-6,11H2,1H3,(H2,12,13,14,15,16). The van der Waals surface area contributed by atoms with Crippen LogP contribution in [0.1, 0.15) is 19.8 Å². The summed E-state index contributed by atoms with van der Waals surface area (Å²) in [5.74, 6) is 8.49. The maximum Gasteiger partial charge on any atom is 0.323 e. The smallest absolute Gasteiger partial charge is 0.323 e. The molecule has 0 aromatic carbocycles. The number of nitrogens with one attached hydrogen (secondary N) is 2. The Morgan fingerprint density at radius 3 is 2.67 bits per heavy atom. The lowest BCUT2D eigenvalue weighted by molar-refractivity contribution is 0.312. The number of rotatable bonds is 5. The third-order valence-electron chi connectivity index (χ3n) is 2.57. The van der Waals surface area contributed by atoms with Gasteiger partial charge in [0.15, 0.2) is 0 Å². The quantitative estimate of drug-likeness (QED) is 0.535. The van der Waals surface area contributed by atoms with Gasteiger partial charge in [-0.05, 0) is 31.3 Å². The van der Waals surface area contributed by atoms with Crippen LogP contribution in [0.5, 0.6) is 6.01 Å². The van der Waals surface area contributed by atoms with Gasteiger partial charge in [0.1, 0.15) is 0 Å². The van der Waals surface area contributed by atoms with Crippen LogP contribution >= 0.6 is 11.8 Å². The molecule has 2 heterocycles. The second-order valence-electron chi connectivity index (χ2n) is 3.87. The van der Waals surface area contributed by atoms with Crippen molar-refractivity contribution in [3.05, 3.63) is 0 Å². The summed E-state index contributed by atoms with van der Waals surface area (Å²) in [4.78, 5) is 12.4. The molecule has 0 atom stereocenters. The Morgan fingerprint density at radius 1 is 1.28 bits per heavy atom. The molecule has 2 rings (SSSR count). The number of hydrogen-bond acceptors (Lipinski definition) is 8. The first-order chi connectivity index (χ1) is 8.81. The highest BCUT2D eigenvalue weighted by Gasteiger charge is 2.15. The minimum atomic E-state index is 0.285. The fourth-order valence-corrected chi connectivity index (χ4v) is 2.81. The Labute approximate surface area is 110 Å². The van der Waals surface area contributed by atoms with Crippen molar-refractivity contribution in [2.24, 2.45) is 5.84 Å². The van der Waals surface area contributed by atoms with E-state index in [1.807, 2.05) is 18.7 Å². The van der Waals surface area contributed by atoms with Crippen molar-refractivity contribution in [1.29, 1.82) is 0 Å². The van der Waals surface area contributed by atoms with E-state index in [1.54, 1.807) is 0 Å². The molecule has 1 aliphatic rings. The van der Waals surface area contributed by atoms with E-state index in [0.717, 1.165) is 12.8 Å². The zero-order chi connectivity index (χ0) is 12.8. The van der Waals surface area contributed by atoms with Gasteiger partial charge in [-0.3, -0.25) is 5.43 Å². The molecule has 0 unspecified atom stereocenters. The fraction of sp³-hybridized carbons (Fsp3) is 0.700. The highest BCUT2D eigenvalue weighted by molar-refractivity contribution is 7.99. The predicted octanol–water partition coefficient (Wildman–Crippen LogP) is 0.863. The summed E-state index contributed by atoms with van der Waals surface area (Å²) < 4.78 is 5.28. The second-order valence-corrected chi connectivity index (χ2v) is 5.10. The molecule has 18 heavy (non-hydrogen) atoms. The molecule has 8 heteroatoms. The molecule has 100 valence electrons. The van der Waals surface area contributed by atoms with Crippen molar-refractivity contribution in [2.75, 3.05) is 28.9 Å². The molecule has 4 N–H and O–H groups in total. The zero-order valence-corrected chi connectivity index (χ0v) is 11.2. The van der Waals surface area contributed by atoms with Gasteiger partial charge in [-0.2, -0.15) is 26.7 Å². The van der Waals surface area contributed by atoms with Crippen LogP contribution in [0.4, 0.5) is 11.9 Å². The summed E-state index contributed by atoms with van der Waals surface area (Å²) in [6.45, 7) is 2.39. The zero-order valence-electron chi connectivity index (χ0n) is 10.3. The van der Waals surface area contributed by atoms with Crippen LogP contribution in [-0.4, -0.2) is 39.1 Å². The van der Waals surface area contributed by atoms with E-state index in [1.165, 1.54) is 11.5 Å². The van der Waals surface area contributed by atoms with Crippen LogP contribution in [0.3, 0.4) is 0 Å². The van der Waals surface area contributed by atoms with Crippen molar-refractivity contribution in [3.63, 3.8) is 0 Å². The highest BCUT2D eigenvalue weighted by atomic mass is 32.2. The Balaban J connectivity index is 2.07. The number of nitrogen functional groups attached to an aromatic ring is 1. The van der Waals surface area contributed by atoms with E-state index in [9.17, 15) is 0 Å². The second kappa shape index (κ2) is 6.60. The first-order valence-corrected chi connectivity index (χ1v) is 7.17. The third-order valence-corrected chi connectivity index (χ3v) is 3.62. The van der Waals surface area contributed by atoms with Crippen LogP contribution in [0, 0.1) is 0 Å². The number of anilines is 2. The van der Waals surface area contributed by atoms with E-state index in [-0.39, 0.29) is 6.01 Å². The minimum absolute atomic E-state index is 0.285. The maximum absolute atomic E-state index is 5.33. The summed E-state index contributed by atoms with van der Waals surface area (Å²) in [7, 11) is 0. The van der Waals surface area contributed by atoms with Crippen LogP contribution in [0.2, 0.25) is 0 Å². The van der Waals surface area contributed by atoms with Gasteiger partial charge in [-0.15, -0.1) is 0 Å². The Kier molecular flexibility index (Phi) is 4.82. The molecule has 1 aliphatic heterocycles. The summed E-state index contributed by atoms with van der Waals surface area (Å²) in [6.07, 6.45) is 2.23. The molecule has 0 radical (unpaired) electrons. The number of thioether (sulfide) groups is 1. The average molecular weight is 270 g/mol. The molecule has 1 saturated heterocycles. The van der Waals surface area contributed by atoms with Crippen molar-refractivity contribution >= 4 is 23.7 Å². The fourth-order valence-electron chi connectivity index (χ4n) is 1.70. The molecule has 0 bridgehead atoms. The van der Waals surface area contributed by atoms with Gasteiger partial charge in [0.05, 0.1) is 6.61 Å². The van der Waals surface area contributed by atoms with Gasteiger partial charge in [-0.25, -0.2) is 5.84 Å². The molecular weight excluding hydrogens is 252 g/mol. The monoisotopic (exact) mass is 270 g/mol. The molecule has 7 nitrogen and oxygen atoms in total. The molecule has 1 fully saturated rings. The van der Waals surface area contributed by atoms with Crippen molar-refractivity contribution in [1.82, 2.24) is 15.0 Å². The summed E-state index contributed by atoms with van der Waals surface area (Å²) in [6, 6.07) is 0.696.